The smallest absolute Gasteiger partial charge is 0.416 e. The minimum absolute atomic E-state index is 0.0676. The Labute approximate surface area is 274 Å². The number of rotatable bonds is 8. The molecule has 2 unspecified atom stereocenters. The highest BCUT2D eigenvalue weighted by Crippen LogP contribution is 2.43. The zero-order valence-electron chi connectivity index (χ0n) is 25.8. The van der Waals surface area contributed by atoms with Gasteiger partial charge in [0.2, 0.25) is 5.91 Å². The maximum Gasteiger partial charge on any atom is 0.416 e. The van der Waals surface area contributed by atoms with Crippen molar-refractivity contribution in [3.63, 3.8) is 0 Å². The lowest BCUT2D eigenvalue weighted by Gasteiger charge is -2.47. The molecule has 0 bridgehead atoms. The van der Waals surface area contributed by atoms with Gasteiger partial charge in [-0.25, -0.2) is 27.8 Å². The van der Waals surface area contributed by atoms with Crippen molar-refractivity contribution >= 4 is 41.0 Å². The Kier molecular flexibility index (Phi) is 9.14. The normalized spacial score (nSPS) is 24.5. The molecule has 5 rings (SSSR count). The number of nitrogens with zero attached hydrogens (tertiary/aromatic N) is 4. The third-order valence-corrected chi connectivity index (χ3v) is 9.22. The van der Waals surface area contributed by atoms with Gasteiger partial charge in [-0.05, 0) is 49.7 Å². The topological polar surface area (TPSA) is 136 Å². The van der Waals surface area contributed by atoms with Gasteiger partial charge in [0.25, 0.3) is 11.8 Å². The van der Waals surface area contributed by atoms with Crippen molar-refractivity contribution in [3.05, 3.63) is 77.8 Å². The van der Waals surface area contributed by atoms with Crippen molar-refractivity contribution < 1.29 is 37.4 Å². The number of allylic oxidation sites excluding steroid dienone is 3. The van der Waals surface area contributed by atoms with Crippen LogP contribution in [0.15, 0.2) is 60.8 Å². The number of carbonyl (C=O) groups excluding carboxylic acids is 3. The number of carbonyl (C=O) groups is 3. The van der Waals surface area contributed by atoms with Crippen LogP contribution in [-0.2, 0) is 19.9 Å². The van der Waals surface area contributed by atoms with Crippen LogP contribution in [0.4, 0.5) is 29.5 Å². The summed E-state index contributed by atoms with van der Waals surface area (Å²) in [6.07, 6.45) is 5.48. The van der Waals surface area contributed by atoms with Gasteiger partial charge in [0.05, 0.1) is 29.2 Å². The first kappa shape index (κ1) is 33.9. The molecule has 0 radical (unpaired) electrons. The number of halogens is 4. The highest BCUT2D eigenvalue weighted by Gasteiger charge is 2.53. The molecule has 4 atom stereocenters. The van der Waals surface area contributed by atoms with Crippen LogP contribution in [0.3, 0.4) is 0 Å². The second-order valence-corrected chi connectivity index (χ2v) is 13.1. The maximum absolute atomic E-state index is 15.3. The SMILES string of the molecule is CC(C)(O)c1cc(F)cc(N(C(=O)[C@@H]2CCOC(=O)N2c2cc(C#N)ccn2)[C@H](C(=O)NC2CC(F)(F)C2)C2(C)C=CC=CC2Cl)c1. The van der Waals surface area contributed by atoms with E-state index < -0.39 is 77.0 Å². The van der Waals surface area contributed by atoms with E-state index in [4.69, 9.17) is 16.3 Å². The number of alkyl halides is 3. The predicted octanol–water partition coefficient (Wildman–Crippen LogP) is 5.09. The number of nitrogens with one attached hydrogen (secondary N) is 1. The van der Waals surface area contributed by atoms with E-state index in [9.17, 15) is 33.5 Å². The number of hydrogen-bond donors (Lipinski definition) is 2. The van der Waals surface area contributed by atoms with E-state index in [0.29, 0.717) is 0 Å². The monoisotopic (exact) mass is 671 g/mol. The number of ether oxygens (including phenoxy) is 1. The van der Waals surface area contributed by atoms with E-state index in [1.165, 1.54) is 38.2 Å². The van der Waals surface area contributed by atoms with E-state index >= 15 is 4.39 Å². The molecule has 47 heavy (non-hydrogen) atoms. The highest BCUT2D eigenvalue weighted by atomic mass is 35.5. The third-order valence-electron chi connectivity index (χ3n) is 8.61. The number of benzene rings is 1. The summed E-state index contributed by atoms with van der Waals surface area (Å²) in [6, 6.07) is 4.19. The summed E-state index contributed by atoms with van der Waals surface area (Å²) in [5.74, 6) is -5.60. The van der Waals surface area contributed by atoms with Crippen molar-refractivity contribution in [3.8, 4) is 6.07 Å². The first-order valence-electron chi connectivity index (χ1n) is 14.9. The van der Waals surface area contributed by atoms with E-state index in [1.807, 2.05) is 6.07 Å². The number of hydrogen-bond acceptors (Lipinski definition) is 7. The third kappa shape index (κ3) is 6.84. The largest absolute Gasteiger partial charge is 0.449 e. The number of amides is 3. The molecule has 2 aliphatic carbocycles. The number of pyridine rings is 1. The van der Waals surface area contributed by atoms with Crippen LogP contribution in [0.25, 0.3) is 0 Å². The Bertz CT molecular complexity index is 1680. The summed E-state index contributed by atoms with van der Waals surface area (Å²) in [7, 11) is 0. The van der Waals surface area contributed by atoms with Gasteiger partial charge in [-0.15, -0.1) is 11.6 Å². The molecule has 1 saturated heterocycles. The molecule has 1 aromatic carbocycles. The fraction of sp³-hybridized carbons (Fsp3) is 0.424. The van der Waals surface area contributed by atoms with Crippen LogP contribution in [0.1, 0.15) is 51.2 Å². The maximum atomic E-state index is 15.3. The Morgan fingerprint density at radius 3 is 2.62 bits per heavy atom. The summed E-state index contributed by atoms with van der Waals surface area (Å²) < 4.78 is 48.2. The molecule has 14 heteroatoms. The summed E-state index contributed by atoms with van der Waals surface area (Å²) in [6.45, 7) is 4.24. The second kappa shape index (κ2) is 12.7. The molecule has 0 spiro atoms. The van der Waals surface area contributed by atoms with Crippen LogP contribution >= 0.6 is 11.6 Å². The molecular formula is C33H33ClF3N5O5. The van der Waals surface area contributed by atoms with Crippen LogP contribution in [0, 0.1) is 22.6 Å². The van der Waals surface area contributed by atoms with Crippen molar-refractivity contribution in [2.45, 2.75) is 75.1 Å². The van der Waals surface area contributed by atoms with Crippen LogP contribution in [0.2, 0.25) is 0 Å². The van der Waals surface area contributed by atoms with Gasteiger partial charge in [0.15, 0.2) is 0 Å². The Morgan fingerprint density at radius 2 is 1.98 bits per heavy atom. The van der Waals surface area contributed by atoms with E-state index in [0.717, 1.165) is 21.9 Å². The van der Waals surface area contributed by atoms with E-state index in [-0.39, 0.29) is 35.7 Å². The fourth-order valence-corrected chi connectivity index (χ4v) is 6.28. The zero-order chi connectivity index (χ0) is 34.3. The zero-order valence-corrected chi connectivity index (χ0v) is 26.5. The highest BCUT2D eigenvalue weighted by molar-refractivity contribution is 6.23. The molecule has 2 fully saturated rings. The van der Waals surface area contributed by atoms with E-state index in [2.05, 4.69) is 10.3 Å². The number of anilines is 2. The molecule has 1 saturated carbocycles. The molecule has 2 N–H and O–H groups in total. The minimum atomic E-state index is -2.96. The minimum Gasteiger partial charge on any atom is -0.449 e. The fourth-order valence-electron chi connectivity index (χ4n) is 6.01. The molecule has 248 valence electrons. The van der Waals surface area contributed by atoms with Gasteiger partial charge in [-0.2, -0.15) is 5.26 Å². The molecular weight excluding hydrogens is 639 g/mol. The van der Waals surface area contributed by atoms with Crippen molar-refractivity contribution in [2.75, 3.05) is 16.4 Å². The molecule has 10 nitrogen and oxygen atoms in total. The number of cyclic esters (lactones) is 1. The molecule has 3 amide bonds. The molecule has 3 aliphatic rings. The Balaban J connectivity index is 1.70. The molecule has 2 heterocycles. The first-order chi connectivity index (χ1) is 22.0. The lowest BCUT2D eigenvalue weighted by atomic mass is 9.74. The van der Waals surface area contributed by atoms with Crippen LogP contribution < -0.4 is 15.1 Å². The summed E-state index contributed by atoms with van der Waals surface area (Å²) >= 11 is 6.82. The molecule has 2 aromatic rings. The average Bonchev–Trinajstić information content (AvgIpc) is 2.99. The predicted molar refractivity (Wildman–Crippen MR) is 166 cm³/mol. The number of aliphatic hydroxyl groups is 1. The Morgan fingerprint density at radius 1 is 1.26 bits per heavy atom. The molecule has 1 aliphatic heterocycles. The van der Waals surface area contributed by atoms with Crippen LogP contribution in [0.5, 0.6) is 0 Å². The van der Waals surface area contributed by atoms with Gasteiger partial charge in [-0.3, -0.25) is 14.5 Å². The van der Waals surface area contributed by atoms with Gasteiger partial charge >= 0.3 is 6.09 Å². The van der Waals surface area contributed by atoms with Gasteiger partial charge < -0.3 is 15.2 Å². The van der Waals surface area contributed by atoms with Gasteiger partial charge in [0, 0.05) is 42.6 Å². The van der Waals surface area contributed by atoms with Gasteiger partial charge in [0.1, 0.15) is 23.7 Å². The lowest BCUT2D eigenvalue weighted by molar-refractivity contribution is -0.135. The van der Waals surface area contributed by atoms with Crippen molar-refractivity contribution in [2.24, 2.45) is 5.41 Å². The molecule has 1 aromatic heterocycles. The van der Waals surface area contributed by atoms with Crippen molar-refractivity contribution in [1.82, 2.24) is 10.3 Å². The van der Waals surface area contributed by atoms with Crippen molar-refractivity contribution in [1.29, 1.82) is 5.26 Å². The second-order valence-electron chi connectivity index (χ2n) is 12.7. The van der Waals surface area contributed by atoms with E-state index in [1.54, 1.807) is 31.2 Å². The quantitative estimate of drug-likeness (QED) is 0.373. The Hall–Kier alpha value is -4.41. The summed E-state index contributed by atoms with van der Waals surface area (Å²) in [4.78, 5) is 48.6. The summed E-state index contributed by atoms with van der Waals surface area (Å²) in [5.41, 5.74) is -2.93. The summed E-state index contributed by atoms with van der Waals surface area (Å²) in [5, 5.41) is 22.0. The standard InChI is InChI=1S/C33H33ClF3N5O5/c1-31(2,46)20-13-21(35)15-23(14-20)41(29(44)24-8-11-47-30(45)42(24)26-12-19(18-38)7-10-39-26)27(32(3)9-5-4-6-25(32)34)28(43)40-22-16-33(36,37)17-22/h4-7,9-10,12-15,22,24-25,27,46H,8,11,16-17H2,1-3H3,(H,40,43)/t24-,25?,27+,32?/m0/s1. The number of aromatic nitrogens is 1. The number of nitriles is 1. The van der Waals surface area contributed by atoms with Gasteiger partial charge in [-0.1, -0.05) is 31.2 Å². The van der Waals surface area contributed by atoms with Crippen LogP contribution in [-0.4, -0.2) is 64.0 Å². The average molecular weight is 672 g/mol. The first-order valence-corrected chi connectivity index (χ1v) is 15.3. The lowest BCUT2D eigenvalue weighted by Crippen LogP contribution is -2.66.